The van der Waals surface area contributed by atoms with Crippen molar-refractivity contribution in [3.63, 3.8) is 0 Å². The smallest absolute Gasteiger partial charge is 0.281 e. The molecule has 2 aromatic heterocycles. The molecule has 0 aliphatic carbocycles. The molecular formula is C25H16Cl3N5O2. The lowest BCUT2D eigenvalue weighted by Crippen LogP contribution is -2.11. The number of fused-ring (bicyclic) bond motifs is 1. The molecule has 35 heavy (non-hydrogen) atoms. The van der Waals surface area contributed by atoms with Gasteiger partial charge in [0.05, 0.1) is 22.2 Å². The molecule has 0 spiro atoms. The maximum absolute atomic E-state index is 12.9. The van der Waals surface area contributed by atoms with Gasteiger partial charge in [-0.15, -0.1) is 5.10 Å². The molecule has 5 aromatic rings. The van der Waals surface area contributed by atoms with Crippen molar-refractivity contribution in [2.24, 2.45) is 0 Å². The molecule has 3 aromatic carbocycles. The number of ketones is 1. The van der Waals surface area contributed by atoms with Crippen molar-refractivity contribution in [3.05, 3.63) is 108 Å². The van der Waals surface area contributed by atoms with E-state index in [0.717, 1.165) is 11.1 Å². The summed E-state index contributed by atoms with van der Waals surface area (Å²) in [5, 5.41) is 8.98. The van der Waals surface area contributed by atoms with Gasteiger partial charge in [0.15, 0.2) is 16.9 Å². The molecule has 174 valence electrons. The van der Waals surface area contributed by atoms with Crippen LogP contribution in [0.2, 0.25) is 15.1 Å². The van der Waals surface area contributed by atoms with E-state index < -0.39 is 5.56 Å². The van der Waals surface area contributed by atoms with E-state index in [2.05, 4.69) is 20.3 Å². The summed E-state index contributed by atoms with van der Waals surface area (Å²) < 4.78 is 1.49. The van der Waals surface area contributed by atoms with E-state index >= 15 is 0 Å². The van der Waals surface area contributed by atoms with Crippen LogP contribution in [-0.4, -0.2) is 30.7 Å². The minimum Gasteiger partial charge on any atom is -0.304 e. The molecule has 0 aliphatic heterocycles. The number of H-pyrrole nitrogens is 1. The zero-order chi connectivity index (χ0) is 24.7. The largest absolute Gasteiger partial charge is 0.304 e. The van der Waals surface area contributed by atoms with Crippen LogP contribution in [0.3, 0.4) is 0 Å². The van der Waals surface area contributed by atoms with Crippen LogP contribution in [-0.2, 0) is 6.54 Å². The third-order valence-corrected chi connectivity index (χ3v) is 6.31. The molecule has 0 radical (unpaired) electrons. The number of rotatable bonds is 5. The molecule has 0 atom stereocenters. The number of halogens is 3. The number of carbonyl (C=O) groups excluding carboxylic acids is 1. The second kappa shape index (κ2) is 9.26. The Hall–Kier alpha value is -3.52. The second-order valence-electron chi connectivity index (χ2n) is 7.97. The molecule has 0 aliphatic rings. The van der Waals surface area contributed by atoms with Crippen molar-refractivity contribution in [3.8, 4) is 11.4 Å². The van der Waals surface area contributed by atoms with Gasteiger partial charge in [-0.3, -0.25) is 9.59 Å². The third kappa shape index (κ3) is 4.58. The SMILES string of the molecule is Cc1ccc(-c2nc3c(nnn3Cc3cc(Cl)c(C(=O)c4ccc(Cl)cc4)c(Cl)c3)c(=O)[nH]2)cc1. The Morgan fingerprint density at radius 3 is 2.29 bits per heavy atom. The summed E-state index contributed by atoms with van der Waals surface area (Å²) >= 11 is 18.8. The van der Waals surface area contributed by atoms with E-state index in [-0.39, 0.29) is 33.5 Å². The Balaban J connectivity index is 1.50. The average Bonchev–Trinajstić information content (AvgIpc) is 3.22. The van der Waals surface area contributed by atoms with Crippen LogP contribution >= 0.6 is 34.8 Å². The van der Waals surface area contributed by atoms with E-state index in [1.54, 1.807) is 36.4 Å². The zero-order valence-corrected chi connectivity index (χ0v) is 20.5. The molecule has 0 unspecified atom stereocenters. The number of aromatic amines is 1. The third-order valence-electron chi connectivity index (χ3n) is 5.47. The Morgan fingerprint density at radius 1 is 0.971 bits per heavy atom. The van der Waals surface area contributed by atoms with Crippen LogP contribution < -0.4 is 5.56 Å². The van der Waals surface area contributed by atoms with Gasteiger partial charge in [0, 0.05) is 16.1 Å². The van der Waals surface area contributed by atoms with Crippen molar-refractivity contribution in [2.45, 2.75) is 13.5 Å². The molecule has 0 amide bonds. The monoisotopic (exact) mass is 523 g/mol. The van der Waals surface area contributed by atoms with Gasteiger partial charge in [-0.05, 0) is 48.9 Å². The molecule has 0 saturated heterocycles. The fourth-order valence-electron chi connectivity index (χ4n) is 3.67. The summed E-state index contributed by atoms with van der Waals surface area (Å²) in [5.41, 5.74) is 3.18. The molecule has 0 fully saturated rings. The topological polar surface area (TPSA) is 93.5 Å². The number of aryl methyl sites for hydroxylation is 1. The molecule has 2 heterocycles. The van der Waals surface area contributed by atoms with Gasteiger partial charge in [-0.2, -0.15) is 0 Å². The van der Waals surface area contributed by atoms with Gasteiger partial charge in [-0.25, -0.2) is 9.67 Å². The highest BCUT2D eigenvalue weighted by Gasteiger charge is 2.19. The number of aromatic nitrogens is 5. The highest BCUT2D eigenvalue weighted by molar-refractivity contribution is 6.41. The first-order valence-corrected chi connectivity index (χ1v) is 11.6. The van der Waals surface area contributed by atoms with Crippen LogP contribution in [0.4, 0.5) is 0 Å². The summed E-state index contributed by atoms with van der Waals surface area (Å²) in [5.74, 6) is 0.0939. The lowest BCUT2D eigenvalue weighted by atomic mass is 10.0. The van der Waals surface area contributed by atoms with Crippen LogP contribution in [0.1, 0.15) is 27.0 Å². The fraction of sp³-hybridized carbons (Fsp3) is 0.0800. The minimum absolute atomic E-state index is 0.118. The minimum atomic E-state index is -0.392. The van der Waals surface area contributed by atoms with Gasteiger partial charge >= 0.3 is 0 Å². The number of nitrogens with one attached hydrogen (secondary N) is 1. The predicted molar refractivity (Wildman–Crippen MR) is 137 cm³/mol. The lowest BCUT2D eigenvalue weighted by molar-refractivity contribution is 0.103. The molecule has 7 nitrogen and oxygen atoms in total. The Labute approximate surface area is 214 Å². The molecule has 0 bridgehead atoms. The first-order chi connectivity index (χ1) is 16.8. The van der Waals surface area contributed by atoms with Crippen LogP contribution in [0.5, 0.6) is 0 Å². The van der Waals surface area contributed by atoms with Crippen LogP contribution in [0.15, 0.2) is 65.5 Å². The van der Waals surface area contributed by atoms with Crippen molar-refractivity contribution >= 4 is 51.7 Å². The quantitative estimate of drug-likeness (QED) is 0.296. The number of nitrogens with zero attached hydrogens (tertiary/aromatic N) is 4. The van der Waals surface area contributed by atoms with Crippen LogP contribution in [0, 0.1) is 6.92 Å². The van der Waals surface area contributed by atoms with E-state index in [1.165, 1.54) is 4.68 Å². The summed E-state index contributed by atoms with van der Waals surface area (Å²) in [6.45, 7) is 2.17. The maximum Gasteiger partial charge on any atom is 0.281 e. The highest BCUT2D eigenvalue weighted by Crippen LogP contribution is 2.30. The normalized spacial score (nSPS) is 11.2. The van der Waals surface area contributed by atoms with Gasteiger partial charge in [0.1, 0.15) is 5.82 Å². The Bertz CT molecular complexity index is 1620. The molecule has 1 N–H and O–H groups in total. The second-order valence-corrected chi connectivity index (χ2v) is 9.22. The van der Waals surface area contributed by atoms with Crippen molar-refractivity contribution in [2.75, 3.05) is 0 Å². The first kappa shape index (κ1) is 23.2. The number of hydrogen-bond donors (Lipinski definition) is 1. The number of benzene rings is 3. The van der Waals surface area contributed by atoms with Crippen LogP contribution in [0.25, 0.3) is 22.6 Å². The zero-order valence-electron chi connectivity index (χ0n) is 18.2. The molecular weight excluding hydrogens is 509 g/mol. The molecule has 10 heteroatoms. The van der Waals surface area contributed by atoms with Crippen molar-refractivity contribution < 1.29 is 4.79 Å². The first-order valence-electron chi connectivity index (χ1n) is 10.5. The van der Waals surface area contributed by atoms with E-state index in [1.807, 2.05) is 31.2 Å². The predicted octanol–water partition coefficient (Wildman–Crippen LogP) is 5.73. The summed E-state index contributed by atoms with van der Waals surface area (Å²) in [6.07, 6.45) is 0. The summed E-state index contributed by atoms with van der Waals surface area (Å²) in [7, 11) is 0. The number of hydrogen-bond acceptors (Lipinski definition) is 5. The van der Waals surface area contributed by atoms with Crippen molar-refractivity contribution in [1.82, 2.24) is 25.0 Å². The fourth-order valence-corrected chi connectivity index (χ4v) is 4.50. The molecule has 0 saturated carbocycles. The van der Waals surface area contributed by atoms with Crippen molar-refractivity contribution in [1.29, 1.82) is 0 Å². The number of carbonyl (C=O) groups is 1. The summed E-state index contributed by atoms with van der Waals surface area (Å²) in [4.78, 5) is 32.9. The Morgan fingerprint density at radius 2 is 1.63 bits per heavy atom. The highest BCUT2D eigenvalue weighted by atomic mass is 35.5. The molecule has 5 rings (SSSR count). The maximum atomic E-state index is 12.9. The van der Waals surface area contributed by atoms with Gasteiger partial charge in [-0.1, -0.05) is 69.8 Å². The van der Waals surface area contributed by atoms with Gasteiger partial charge < -0.3 is 4.98 Å². The van der Waals surface area contributed by atoms with E-state index in [4.69, 9.17) is 34.8 Å². The lowest BCUT2D eigenvalue weighted by Gasteiger charge is -2.10. The van der Waals surface area contributed by atoms with Gasteiger partial charge in [0.25, 0.3) is 5.56 Å². The standard InChI is InChI=1S/C25H16Cl3N5O2/c1-13-2-4-16(5-3-13)23-29-24-21(25(35)30-23)31-32-33(24)12-14-10-18(27)20(19(28)11-14)22(34)15-6-8-17(26)9-7-15/h2-11H,12H2,1H3,(H,29,30,35). The Kier molecular flexibility index (Phi) is 6.15. The summed E-state index contributed by atoms with van der Waals surface area (Å²) in [6, 6.07) is 17.4. The van der Waals surface area contributed by atoms with E-state index in [0.29, 0.717) is 27.6 Å². The average molecular weight is 525 g/mol. The van der Waals surface area contributed by atoms with Gasteiger partial charge in [0.2, 0.25) is 0 Å². The van der Waals surface area contributed by atoms with E-state index in [9.17, 15) is 9.59 Å².